The zero-order valence-corrected chi connectivity index (χ0v) is 26.5. The Balaban J connectivity index is 2.08. The number of rotatable bonds is 13. The number of halogens is 1. The Bertz CT molecular complexity index is 1450. The quantitative estimate of drug-likeness (QED) is 0.258. The molecule has 41 heavy (non-hydrogen) atoms. The second kappa shape index (κ2) is 14.5. The summed E-state index contributed by atoms with van der Waals surface area (Å²) in [5.41, 5.74) is 1.93. The normalized spacial score (nSPS) is 12.7. The summed E-state index contributed by atoms with van der Waals surface area (Å²) in [5.74, 6) is -0.510. The van der Waals surface area contributed by atoms with Crippen LogP contribution in [0.15, 0.2) is 82.2 Å². The summed E-state index contributed by atoms with van der Waals surface area (Å²) in [6.45, 7) is 9.07. The maximum absolute atomic E-state index is 14.1. The maximum Gasteiger partial charge on any atom is 0.264 e. The Morgan fingerprint density at radius 2 is 1.66 bits per heavy atom. The van der Waals surface area contributed by atoms with E-state index in [0.717, 1.165) is 26.3 Å². The van der Waals surface area contributed by atoms with Gasteiger partial charge >= 0.3 is 0 Å². The fourth-order valence-corrected chi connectivity index (χ4v) is 6.04. The van der Waals surface area contributed by atoms with Crippen LogP contribution < -0.4 is 14.4 Å². The van der Waals surface area contributed by atoms with E-state index in [0.29, 0.717) is 12.4 Å². The molecule has 0 saturated carbocycles. The number of amides is 2. The van der Waals surface area contributed by atoms with E-state index in [-0.39, 0.29) is 29.1 Å². The predicted molar refractivity (Wildman–Crippen MR) is 165 cm³/mol. The summed E-state index contributed by atoms with van der Waals surface area (Å²) >= 11 is 3.46. The third kappa shape index (κ3) is 8.33. The van der Waals surface area contributed by atoms with Crippen molar-refractivity contribution in [2.75, 3.05) is 17.5 Å². The van der Waals surface area contributed by atoms with Gasteiger partial charge in [0.2, 0.25) is 11.8 Å². The Morgan fingerprint density at radius 1 is 0.976 bits per heavy atom. The van der Waals surface area contributed by atoms with Gasteiger partial charge in [-0.2, -0.15) is 0 Å². The number of anilines is 1. The third-order valence-corrected chi connectivity index (χ3v) is 9.00. The highest BCUT2D eigenvalue weighted by atomic mass is 79.9. The summed E-state index contributed by atoms with van der Waals surface area (Å²) in [6, 6.07) is 19.7. The lowest BCUT2D eigenvalue weighted by Crippen LogP contribution is -2.52. The Morgan fingerprint density at radius 3 is 2.29 bits per heavy atom. The van der Waals surface area contributed by atoms with Gasteiger partial charge in [0.05, 0.1) is 17.2 Å². The molecule has 3 aromatic rings. The van der Waals surface area contributed by atoms with Gasteiger partial charge in [0, 0.05) is 17.1 Å². The second-order valence-electron chi connectivity index (χ2n) is 9.87. The number of nitrogens with one attached hydrogen (secondary N) is 1. The van der Waals surface area contributed by atoms with Gasteiger partial charge in [-0.25, -0.2) is 8.42 Å². The molecule has 220 valence electrons. The first kappa shape index (κ1) is 32.1. The topological polar surface area (TPSA) is 96.0 Å². The molecule has 0 aliphatic rings. The fraction of sp³-hybridized carbons (Fsp3) is 0.355. The third-order valence-electron chi connectivity index (χ3n) is 6.73. The minimum absolute atomic E-state index is 0.0447. The minimum Gasteiger partial charge on any atom is -0.492 e. The van der Waals surface area contributed by atoms with Crippen LogP contribution in [0.1, 0.15) is 45.2 Å². The second-order valence-corrected chi connectivity index (χ2v) is 12.6. The lowest BCUT2D eigenvalue weighted by Gasteiger charge is -2.33. The minimum atomic E-state index is -4.19. The average molecular weight is 645 g/mol. The summed E-state index contributed by atoms with van der Waals surface area (Å²) < 4.78 is 35.8. The fourth-order valence-electron chi connectivity index (χ4n) is 4.17. The Hall–Kier alpha value is -3.37. The largest absolute Gasteiger partial charge is 0.492 e. The van der Waals surface area contributed by atoms with Gasteiger partial charge in [-0.1, -0.05) is 64.8 Å². The van der Waals surface area contributed by atoms with Crippen LogP contribution in [0, 0.1) is 6.92 Å². The van der Waals surface area contributed by atoms with Crippen LogP contribution in [0.2, 0.25) is 0 Å². The number of para-hydroxylation sites is 2. The first-order valence-electron chi connectivity index (χ1n) is 13.6. The molecule has 3 aromatic carbocycles. The molecule has 0 fully saturated rings. The summed E-state index contributed by atoms with van der Waals surface area (Å²) in [6.07, 6.45) is 0.731. The van der Waals surface area contributed by atoms with Gasteiger partial charge < -0.3 is 15.0 Å². The van der Waals surface area contributed by atoms with Crippen LogP contribution in [-0.4, -0.2) is 50.4 Å². The van der Waals surface area contributed by atoms with Crippen LogP contribution in [0.25, 0.3) is 0 Å². The van der Waals surface area contributed by atoms with Crippen molar-refractivity contribution in [2.45, 2.75) is 64.6 Å². The van der Waals surface area contributed by atoms with E-state index in [9.17, 15) is 18.0 Å². The predicted octanol–water partition coefficient (Wildman–Crippen LogP) is 5.68. The van der Waals surface area contributed by atoms with Crippen molar-refractivity contribution in [3.63, 3.8) is 0 Å². The molecule has 0 radical (unpaired) electrons. The molecule has 3 rings (SSSR count). The van der Waals surface area contributed by atoms with Gasteiger partial charge in [-0.3, -0.25) is 13.9 Å². The van der Waals surface area contributed by atoms with E-state index < -0.39 is 28.5 Å². The number of hydrogen-bond donors (Lipinski definition) is 1. The number of sulfonamides is 1. The molecule has 1 N–H and O–H groups in total. The number of ether oxygens (including phenoxy) is 1. The molecule has 0 unspecified atom stereocenters. The highest BCUT2D eigenvalue weighted by Gasteiger charge is 2.34. The van der Waals surface area contributed by atoms with Crippen LogP contribution >= 0.6 is 15.9 Å². The molecule has 0 aliphatic heterocycles. The smallest absolute Gasteiger partial charge is 0.264 e. The Kier molecular flexibility index (Phi) is 11.4. The Labute approximate surface area is 251 Å². The summed E-state index contributed by atoms with van der Waals surface area (Å²) in [7, 11) is -4.19. The number of carbonyl (C=O) groups excluding carboxylic acids is 2. The SMILES string of the molecule is CCOc1ccccc1N(CC(=O)N(Cc1cccc(Br)c1)[C@@H](C)C(=O)N[C@@H](C)CC)S(=O)(=O)c1ccc(C)cc1. The lowest BCUT2D eigenvalue weighted by atomic mass is 10.1. The van der Waals surface area contributed by atoms with Crippen LogP contribution in [0.5, 0.6) is 5.75 Å². The van der Waals surface area contributed by atoms with Crippen LogP contribution in [0.3, 0.4) is 0 Å². The van der Waals surface area contributed by atoms with E-state index in [2.05, 4.69) is 21.2 Å². The molecule has 2 atom stereocenters. The molecule has 0 aliphatic carbocycles. The van der Waals surface area contributed by atoms with Gasteiger partial charge in [0.25, 0.3) is 10.0 Å². The highest BCUT2D eigenvalue weighted by molar-refractivity contribution is 9.10. The molecule has 10 heteroatoms. The lowest BCUT2D eigenvalue weighted by molar-refractivity contribution is -0.139. The van der Waals surface area contributed by atoms with Gasteiger partial charge in [-0.05, 0) is 76.1 Å². The summed E-state index contributed by atoms with van der Waals surface area (Å²) in [4.78, 5) is 28.8. The first-order valence-corrected chi connectivity index (χ1v) is 15.9. The number of benzene rings is 3. The number of carbonyl (C=O) groups is 2. The standard InChI is InChI=1S/C31H38BrN3O5S/c1-6-23(4)33-31(37)24(5)34(20-25-11-10-12-26(32)19-25)30(36)21-35(28-13-8-9-14-29(28)40-7-2)41(38,39)27-17-15-22(3)16-18-27/h8-19,23-24H,6-7,20-21H2,1-5H3,(H,33,37)/t23-,24-/m0/s1. The van der Waals surface area contributed by atoms with Crippen molar-refractivity contribution >= 4 is 43.5 Å². The van der Waals surface area contributed by atoms with Crippen molar-refractivity contribution < 1.29 is 22.7 Å². The molecule has 0 bridgehead atoms. The van der Waals surface area contributed by atoms with Crippen molar-refractivity contribution in [1.82, 2.24) is 10.2 Å². The number of nitrogens with zero attached hydrogens (tertiary/aromatic N) is 2. The van der Waals surface area contributed by atoms with Gasteiger partial charge in [0.15, 0.2) is 0 Å². The van der Waals surface area contributed by atoms with Crippen molar-refractivity contribution in [1.29, 1.82) is 0 Å². The van der Waals surface area contributed by atoms with Crippen LogP contribution in [0.4, 0.5) is 5.69 Å². The molecule has 0 heterocycles. The van der Waals surface area contributed by atoms with E-state index in [1.807, 2.05) is 45.0 Å². The average Bonchev–Trinajstić information content (AvgIpc) is 2.95. The summed E-state index contributed by atoms with van der Waals surface area (Å²) in [5, 5.41) is 2.94. The van der Waals surface area contributed by atoms with Crippen molar-refractivity contribution in [3.05, 3.63) is 88.4 Å². The molecule has 8 nitrogen and oxygen atoms in total. The van der Waals surface area contributed by atoms with Gasteiger partial charge in [-0.15, -0.1) is 0 Å². The van der Waals surface area contributed by atoms with Gasteiger partial charge in [0.1, 0.15) is 18.3 Å². The van der Waals surface area contributed by atoms with Crippen LogP contribution in [-0.2, 0) is 26.2 Å². The van der Waals surface area contributed by atoms with E-state index in [4.69, 9.17) is 4.74 Å². The van der Waals surface area contributed by atoms with E-state index in [1.165, 1.54) is 17.0 Å². The van der Waals surface area contributed by atoms with Crippen molar-refractivity contribution in [2.24, 2.45) is 0 Å². The van der Waals surface area contributed by atoms with E-state index >= 15 is 0 Å². The maximum atomic E-state index is 14.1. The zero-order chi connectivity index (χ0) is 30.2. The zero-order valence-electron chi connectivity index (χ0n) is 24.1. The first-order chi connectivity index (χ1) is 19.5. The number of hydrogen-bond acceptors (Lipinski definition) is 5. The number of aryl methyl sites for hydroxylation is 1. The molecule has 0 saturated heterocycles. The molecular weight excluding hydrogens is 606 g/mol. The highest BCUT2D eigenvalue weighted by Crippen LogP contribution is 2.33. The molecule has 2 amide bonds. The van der Waals surface area contributed by atoms with Crippen molar-refractivity contribution in [3.8, 4) is 5.75 Å². The van der Waals surface area contributed by atoms with E-state index in [1.54, 1.807) is 50.2 Å². The monoisotopic (exact) mass is 643 g/mol. The molecular formula is C31H38BrN3O5S. The molecule has 0 spiro atoms. The molecule has 0 aromatic heterocycles.